The van der Waals surface area contributed by atoms with Crippen LogP contribution in [0.2, 0.25) is 5.02 Å². The number of ether oxygens (including phenoxy) is 1. The molecule has 210 valence electrons. The fourth-order valence-corrected chi connectivity index (χ4v) is 5.63. The highest BCUT2D eigenvalue weighted by Gasteiger charge is 2.36. The maximum atomic E-state index is 13.6. The molecule has 3 aromatic rings. The first-order valence-corrected chi connectivity index (χ1v) is 13.9. The van der Waals surface area contributed by atoms with Gasteiger partial charge in [-0.15, -0.1) is 0 Å². The number of benzene rings is 3. The van der Waals surface area contributed by atoms with Gasteiger partial charge in [0.25, 0.3) is 10.0 Å². The van der Waals surface area contributed by atoms with Gasteiger partial charge in [-0.3, -0.25) is 9.10 Å². The van der Waals surface area contributed by atoms with Crippen molar-refractivity contribution >= 4 is 33.2 Å². The molecule has 11 heteroatoms. The molecule has 1 N–H and O–H groups in total. The molecule has 39 heavy (non-hydrogen) atoms. The van der Waals surface area contributed by atoms with Crippen molar-refractivity contribution in [3.8, 4) is 5.75 Å². The van der Waals surface area contributed by atoms with E-state index in [-0.39, 0.29) is 16.5 Å². The van der Waals surface area contributed by atoms with Crippen LogP contribution in [0.1, 0.15) is 43.0 Å². The number of amides is 1. The number of methoxy groups -OCH3 is 1. The zero-order valence-corrected chi connectivity index (χ0v) is 23.5. The van der Waals surface area contributed by atoms with E-state index in [0.29, 0.717) is 22.5 Å². The van der Waals surface area contributed by atoms with Gasteiger partial charge in [0.15, 0.2) is 0 Å². The average Bonchev–Trinajstić information content (AvgIpc) is 2.86. The van der Waals surface area contributed by atoms with Crippen molar-refractivity contribution in [3.63, 3.8) is 0 Å². The molecule has 0 bridgehead atoms. The van der Waals surface area contributed by atoms with Crippen LogP contribution < -0.4 is 14.4 Å². The number of rotatable bonds is 10. The summed E-state index contributed by atoms with van der Waals surface area (Å²) in [5, 5.41) is 2.27. The lowest BCUT2D eigenvalue weighted by Gasteiger charge is -2.27. The monoisotopic (exact) mass is 582 g/mol. The number of hydrogen-bond acceptors (Lipinski definition) is 4. The summed E-state index contributed by atoms with van der Waals surface area (Å²) in [6.45, 7) is 4.97. The number of carbonyl (C=O) groups excluding carboxylic acids is 1. The summed E-state index contributed by atoms with van der Waals surface area (Å²) in [7, 11) is -2.89. The van der Waals surface area contributed by atoms with E-state index in [1.54, 1.807) is 43.3 Å². The van der Waals surface area contributed by atoms with Gasteiger partial charge in [-0.05, 0) is 67.3 Å². The standard InChI is InChI=1S/C28H30ClF3N2O4S/c1-18(2)15-26(20-7-10-22(38-4)11-8-20)33-27(35)17-34(39(36,37)23-12-5-19(3)6-13-23)21-9-14-25(29)24(16-21)28(30,31)32/h5-14,16,18,26H,15,17H2,1-4H3,(H,33,35)/t26-/m0/s1. The van der Waals surface area contributed by atoms with Gasteiger partial charge in [-0.25, -0.2) is 8.42 Å². The number of aryl methyl sites for hydroxylation is 1. The number of sulfonamides is 1. The van der Waals surface area contributed by atoms with Crippen LogP contribution in [0.5, 0.6) is 5.75 Å². The quantitative estimate of drug-likeness (QED) is 0.286. The number of nitrogens with zero attached hydrogens (tertiary/aromatic N) is 1. The maximum Gasteiger partial charge on any atom is 0.417 e. The second kappa shape index (κ2) is 12.3. The van der Waals surface area contributed by atoms with Crippen molar-refractivity contribution in [2.24, 2.45) is 5.92 Å². The molecule has 0 aliphatic rings. The largest absolute Gasteiger partial charge is 0.497 e. The summed E-state index contributed by atoms with van der Waals surface area (Å²) in [5.74, 6) is 0.123. The third kappa shape index (κ3) is 7.67. The summed E-state index contributed by atoms with van der Waals surface area (Å²) in [5.41, 5.74) is 0.0196. The maximum absolute atomic E-state index is 13.6. The Morgan fingerprint density at radius 3 is 2.18 bits per heavy atom. The van der Waals surface area contributed by atoms with Crippen molar-refractivity contribution in [1.82, 2.24) is 5.32 Å². The molecule has 6 nitrogen and oxygen atoms in total. The third-order valence-corrected chi connectivity index (χ3v) is 8.12. The first-order chi connectivity index (χ1) is 18.2. The highest BCUT2D eigenvalue weighted by atomic mass is 35.5. The van der Waals surface area contributed by atoms with Gasteiger partial charge in [0, 0.05) is 0 Å². The van der Waals surface area contributed by atoms with E-state index in [1.165, 1.54) is 19.2 Å². The summed E-state index contributed by atoms with van der Waals surface area (Å²) in [6, 6.07) is 15.2. The van der Waals surface area contributed by atoms with Crippen LogP contribution in [0.3, 0.4) is 0 Å². The second-order valence-corrected chi connectivity index (χ2v) is 11.8. The summed E-state index contributed by atoms with van der Waals surface area (Å²) < 4.78 is 74.0. The number of carbonyl (C=O) groups is 1. The predicted octanol–water partition coefficient (Wildman–Crippen LogP) is 6.77. The van der Waals surface area contributed by atoms with E-state index < -0.39 is 45.3 Å². The molecule has 1 atom stereocenters. The smallest absolute Gasteiger partial charge is 0.417 e. The SMILES string of the molecule is COc1ccc([C@H](CC(C)C)NC(=O)CN(c2ccc(Cl)c(C(F)(F)F)c2)S(=O)(=O)c2ccc(C)cc2)cc1. The lowest BCUT2D eigenvalue weighted by molar-refractivity contribution is -0.137. The van der Waals surface area contributed by atoms with Crippen LogP contribution in [-0.2, 0) is 21.0 Å². The average molecular weight is 583 g/mol. The molecule has 0 aromatic heterocycles. The first kappa shape index (κ1) is 30.3. The summed E-state index contributed by atoms with van der Waals surface area (Å²) >= 11 is 5.77. The zero-order chi connectivity index (χ0) is 29.0. The van der Waals surface area contributed by atoms with Gasteiger partial charge in [0.1, 0.15) is 12.3 Å². The molecule has 1 amide bonds. The third-order valence-electron chi connectivity index (χ3n) is 6.00. The number of anilines is 1. The number of alkyl halides is 3. The van der Waals surface area contributed by atoms with E-state index in [2.05, 4.69) is 5.32 Å². The van der Waals surface area contributed by atoms with Gasteiger partial charge in [0.05, 0.1) is 34.3 Å². The lowest BCUT2D eigenvalue weighted by Crippen LogP contribution is -2.42. The fourth-order valence-electron chi connectivity index (χ4n) is 3.99. The van der Waals surface area contributed by atoms with Crippen molar-refractivity contribution < 1.29 is 31.1 Å². The van der Waals surface area contributed by atoms with Crippen LogP contribution in [0, 0.1) is 12.8 Å². The second-order valence-electron chi connectivity index (χ2n) is 9.51. The van der Waals surface area contributed by atoms with Crippen molar-refractivity contribution in [3.05, 3.63) is 88.4 Å². The molecular formula is C28H30ClF3N2O4S. The van der Waals surface area contributed by atoms with Crippen LogP contribution in [-0.4, -0.2) is 28.0 Å². The summed E-state index contributed by atoms with van der Waals surface area (Å²) in [4.78, 5) is 13.1. The van der Waals surface area contributed by atoms with E-state index in [1.807, 2.05) is 13.8 Å². The van der Waals surface area contributed by atoms with Gasteiger partial charge in [0.2, 0.25) is 5.91 Å². The van der Waals surface area contributed by atoms with Crippen molar-refractivity contribution in [2.75, 3.05) is 18.0 Å². The molecule has 0 fully saturated rings. The molecule has 0 saturated carbocycles. The molecule has 0 aliphatic heterocycles. The number of halogens is 4. The van der Waals surface area contributed by atoms with Crippen LogP contribution in [0.25, 0.3) is 0 Å². The van der Waals surface area contributed by atoms with Gasteiger partial charge >= 0.3 is 6.18 Å². The highest BCUT2D eigenvalue weighted by molar-refractivity contribution is 7.92. The topological polar surface area (TPSA) is 75.7 Å². The normalized spacial score (nSPS) is 12.7. The van der Waals surface area contributed by atoms with E-state index in [0.717, 1.165) is 23.3 Å². The Morgan fingerprint density at radius 2 is 1.64 bits per heavy atom. The number of nitrogens with one attached hydrogen (secondary N) is 1. The van der Waals surface area contributed by atoms with E-state index in [9.17, 15) is 26.4 Å². The minimum absolute atomic E-state index is 0.168. The molecule has 3 rings (SSSR count). The zero-order valence-electron chi connectivity index (χ0n) is 21.9. The van der Waals surface area contributed by atoms with E-state index >= 15 is 0 Å². The summed E-state index contributed by atoms with van der Waals surface area (Å²) in [6.07, 6.45) is -4.28. The van der Waals surface area contributed by atoms with Gasteiger partial charge in [-0.1, -0.05) is 55.3 Å². The van der Waals surface area contributed by atoms with E-state index in [4.69, 9.17) is 16.3 Å². The Hall–Kier alpha value is -3.24. The Balaban J connectivity index is 2.01. The predicted molar refractivity (Wildman–Crippen MR) is 145 cm³/mol. The van der Waals surface area contributed by atoms with Crippen LogP contribution in [0.4, 0.5) is 18.9 Å². The Labute approximate surface area is 231 Å². The van der Waals surface area contributed by atoms with Crippen LogP contribution in [0.15, 0.2) is 71.6 Å². The van der Waals surface area contributed by atoms with Gasteiger partial charge < -0.3 is 10.1 Å². The van der Waals surface area contributed by atoms with Crippen LogP contribution >= 0.6 is 11.6 Å². The lowest BCUT2D eigenvalue weighted by atomic mass is 9.97. The molecule has 0 aliphatic carbocycles. The van der Waals surface area contributed by atoms with Crippen molar-refractivity contribution in [1.29, 1.82) is 0 Å². The molecule has 0 spiro atoms. The molecule has 0 heterocycles. The number of hydrogen-bond donors (Lipinski definition) is 1. The fraction of sp³-hybridized carbons (Fsp3) is 0.321. The van der Waals surface area contributed by atoms with Gasteiger partial charge in [-0.2, -0.15) is 13.2 Å². The Morgan fingerprint density at radius 1 is 1.03 bits per heavy atom. The molecule has 0 unspecified atom stereocenters. The molecular weight excluding hydrogens is 553 g/mol. The molecule has 0 saturated heterocycles. The first-order valence-electron chi connectivity index (χ1n) is 12.1. The molecule has 0 radical (unpaired) electrons. The van der Waals surface area contributed by atoms with Crippen molar-refractivity contribution in [2.45, 2.75) is 44.3 Å². The Bertz CT molecular complexity index is 1390. The minimum Gasteiger partial charge on any atom is -0.497 e. The Kier molecular flexibility index (Phi) is 9.55. The highest BCUT2D eigenvalue weighted by Crippen LogP contribution is 2.38. The minimum atomic E-state index is -4.83. The molecule has 3 aromatic carbocycles.